The van der Waals surface area contributed by atoms with Gasteiger partial charge in [-0.05, 0) is 70.0 Å². The van der Waals surface area contributed by atoms with Gasteiger partial charge in [0.05, 0.1) is 11.6 Å². The average Bonchev–Trinajstić information content (AvgIpc) is 3.75. The molecule has 0 aliphatic heterocycles. The van der Waals surface area contributed by atoms with E-state index in [0.717, 1.165) is 11.6 Å². The third-order valence-electron chi connectivity index (χ3n) is 6.94. The molecular weight excluding hydrogens is 639 g/mol. The number of carbonyl (C=O) groups is 3. The lowest BCUT2D eigenvalue weighted by molar-refractivity contribution is -0.143. The number of ether oxygens (including phenoxy) is 3. The van der Waals surface area contributed by atoms with Crippen LogP contribution in [0.5, 0.6) is 5.75 Å². The van der Waals surface area contributed by atoms with Crippen LogP contribution in [0, 0.1) is 5.82 Å². The highest BCUT2D eigenvalue weighted by atomic mass is 19.1. The fraction of sp³-hybridized carbons (Fsp3) is 0.441. The smallest absolute Gasteiger partial charge is 0.408 e. The Hall–Kier alpha value is -5.34. The molecule has 0 aliphatic carbocycles. The van der Waals surface area contributed by atoms with Crippen molar-refractivity contribution in [3.8, 4) is 28.5 Å². The Morgan fingerprint density at radius 2 is 1.53 bits per heavy atom. The quantitative estimate of drug-likeness (QED) is 0.145. The van der Waals surface area contributed by atoms with Gasteiger partial charge in [-0.2, -0.15) is 9.97 Å². The lowest BCUT2D eigenvalue weighted by atomic mass is 10.1. The van der Waals surface area contributed by atoms with E-state index in [1.54, 1.807) is 39.8 Å². The fourth-order valence-corrected chi connectivity index (χ4v) is 4.29. The lowest BCUT2D eigenvalue weighted by Crippen LogP contribution is -2.40. The summed E-state index contributed by atoms with van der Waals surface area (Å²) in [7, 11) is 0. The van der Waals surface area contributed by atoms with Crippen LogP contribution in [0.4, 0.5) is 9.18 Å². The summed E-state index contributed by atoms with van der Waals surface area (Å²) < 4.78 is 42.2. The van der Waals surface area contributed by atoms with E-state index in [1.165, 1.54) is 12.1 Å². The molecule has 1 unspecified atom stereocenters. The monoisotopic (exact) mass is 680 g/mol. The van der Waals surface area contributed by atoms with Gasteiger partial charge in [-0.3, -0.25) is 9.59 Å². The fourth-order valence-electron chi connectivity index (χ4n) is 4.29. The highest BCUT2D eigenvalue weighted by Gasteiger charge is 2.23. The molecule has 2 amide bonds. The first-order valence-corrected chi connectivity index (χ1v) is 15.9. The number of alkyl carbamates (subject to hydrolysis) is 1. The average molecular weight is 681 g/mol. The van der Waals surface area contributed by atoms with Crippen molar-refractivity contribution in [3.63, 3.8) is 0 Å². The van der Waals surface area contributed by atoms with Gasteiger partial charge in [0.15, 0.2) is 6.10 Å². The molecule has 262 valence electrons. The lowest BCUT2D eigenvalue weighted by Gasteiger charge is -2.20. The van der Waals surface area contributed by atoms with Crippen molar-refractivity contribution in [3.05, 3.63) is 65.6 Å². The molecule has 0 bridgehead atoms. The molecule has 2 N–H and O–H groups in total. The summed E-state index contributed by atoms with van der Waals surface area (Å²) in [5.41, 5.74) is 0.131. The van der Waals surface area contributed by atoms with E-state index in [-0.39, 0.29) is 29.8 Å². The first-order valence-electron chi connectivity index (χ1n) is 15.9. The number of halogens is 1. The van der Waals surface area contributed by atoms with Crippen molar-refractivity contribution in [2.24, 2.45) is 0 Å². The molecule has 15 heteroatoms. The molecule has 0 aliphatic rings. The largest absolute Gasteiger partial charge is 0.481 e. The SMILES string of the molecule is CCC(Oc1ccc(-c2noc(C(C)C)n2)cc1)c1nc(-c2ccc(C(=O)N[C@H](CC)COC(=O)CNC(=O)OC(C)(C)C)c(F)c2)no1. The second kappa shape index (κ2) is 16.2. The number of hydrogen-bond acceptors (Lipinski definition) is 12. The number of carbonyl (C=O) groups excluding carboxylic acids is 3. The van der Waals surface area contributed by atoms with Gasteiger partial charge in [-0.1, -0.05) is 44.1 Å². The van der Waals surface area contributed by atoms with Crippen LogP contribution in [-0.2, 0) is 14.3 Å². The third kappa shape index (κ3) is 10.3. The zero-order valence-corrected chi connectivity index (χ0v) is 28.5. The maximum Gasteiger partial charge on any atom is 0.408 e. The minimum Gasteiger partial charge on any atom is -0.481 e. The van der Waals surface area contributed by atoms with Gasteiger partial charge in [0.1, 0.15) is 30.3 Å². The number of aromatic nitrogens is 4. The number of hydrogen-bond donors (Lipinski definition) is 2. The van der Waals surface area contributed by atoms with E-state index in [0.29, 0.717) is 35.9 Å². The van der Waals surface area contributed by atoms with E-state index < -0.39 is 48.1 Å². The number of rotatable bonds is 14. The molecule has 2 aromatic carbocycles. The Bertz CT molecular complexity index is 1730. The van der Waals surface area contributed by atoms with Crippen molar-refractivity contribution < 1.29 is 42.0 Å². The molecule has 49 heavy (non-hydrogen) atoms. The number of nitrogens with one attached hydrogen (secondary N) is 2. The van der Waals surface area contributed by atoms with Crippen molar-refractivity contribution in [1.29, 1.82) is 0 Å². The molecule has 2 aromatic heterocycles. The standard InChI is InChI=1S/C34H41FN6O8/c1-8-22(18-45-27(42)17-36-33(44)47-34(5,6)7)37-30(43)24-15-12-21(16-25(24)35)29-39-32(49-41-29)26(9-2)46-23-13-10-20(11-14-23)28-38-31(19(3)4)48-40-28/h10-16,19,22,26H,8-9,17-18H2,1-7H3,(H,36,44)(H,37,43)/t22-,26?/m1/s1. The molecule has 0 saturated carbocycles. The molecule has 0 saturated heterocycles. The van der Waals surface area contributed by atoms with Gasteiger partial charge in [0.25, 0.3) is 11.8 Å². The van der Waals surface area contributed by atoms with E-state index in [4.69, 9.17) is 23.3 Å². The Labute approximate surface area is 283 Å². The van der Waals surface area contributed by atoms with Crippen LogP contribution in [0.1, 0.15) is 95.5 Å². The van der Waals surface area contributed by atoms with E-state index in [1.807, 2.05) is 32.9 Å². The molecule has 2 atom stereocenters. The summed E-state index contributed by atoms with van der Waals surface area (Å²) in [5.74, 6) is -0.186. The van der Waals surface area contributed by atoms with Crippen LogP contribution in [0.2, 0.25) is 0 Å². The first kappa shape index (κ1) is 36.5. The van der Waals surface area contributed by atoms with Gasteiger partial charge < -0.3 is 33.9 Å². The first-order chi connectivity index (χ1) is 23.3. The molecular formula is C34H41FN6O8. The molecule has 4 rings (SSSR count). The Morgan fingerprint density at radius 3 is 2.12 bits per heavy atom. The van der Waals surface area contributed by atoms with Crippen LogP contribution in [0.3, 0.4) is 0 Å². The third-order valence-corrected chi connectivity index (χ3v) is 6.94. The maximum atomic E-state index is 15.1. The second-order valence-electron chi connectivity index (χ2n) is 12.4. The van der Waals surface area contributed by atoms with Crippen LogP contribution >= 0.6 is 0 Å². The molecule has 0 fully saturated rings. The minimum absolute atomic E-state index is 0.120. The zero-order valence-electron chi connectivity index (χ0n) is 28.5. The zero-order chi connectivity index (χ0) is 35.7. The summed E-state index contributed by atoms with van der Waals surface area (Å²) >= 11 is 0. The summed E-state index contributed by atoms with van der Waals surface area (Å²) in [6, 6.07) is 10.5. The van der Waals surface area contributed by atoms with E-state index >= 15 is 4.39 Å². The van der Waals surface area contributed by atoms with Gasteiger partial charge in [-0.15, -0.1) is 0 Å². The molecule has 0 spiro atoms. The van der Waals surface area contributed by atoms with Crippen LogP contribution in [-0.4, -0.2) is 63.0 Å². The van der Waals surface area contributed by atoms with Crippen molar-refractivity contribution >= 4 is 18.0 Å². The van der Waals surface area contributed by atoms with Crippen molar-refractivity contribution in [2.45, 2.75) is 85.0 Å². The van der Waals surface area contributed by atoms with Crippen LogP contribution in [0.15, 0.2) is 51.5 Å². The van der Waals surface area contributed by atoms with Gasteiger partial charge >= 0.3 is 12.1 Å². The Balaban J connectivity index is 1.32. The van der Waals surface area contributed by atoms with Gasteiger partial charge in [-0.25, -0.2) is 9.18 Å². The van der Waals surface area contributed by atoms with E-state index in [2.05, 4.69) is 30.9 Å². The molecule has 2 heterocycles. The van der Waals surface area contributed by atoms with Gasteiger partial charge in [0.2, 0.25) is 17.5 Å². The summed E-state index contributed by atoms with van der Waals surface area (Å²) in [4.78, 5) is 45.5. The number of nitrogens with zero attached hydrogens (tertiary/aromatic N) is 4. The predicted octanol–water partition coefficient (Wildman–Crippen LogP) is 6.16. The molecule has 0 radical (unpaired) electrons. The topological polar surface area (TPSA) is 181 Å². The van der Waals surface area contributed by atoms with Crippen molar-refractivity contribution in [2.75, 3.05) is 13.2 Å². The minimum atomic E-state index is -0.805. The Kier molecular flexibility index (Phi) is 12.0. The highest BCUT2D eigenvalue weighted by Crippen LogP contribution is 2.28. The Morgan fingerprint density at radius 1 is 0.898 bits per heavy atom. The molecule has 4 aromatic rings. The van der Waals surface area contributed by atoms with Crippen LogP contribution in [0.25, 0.3) is 22.8 Å². The van der Waals surface area contributed by atoms with Crippen molar-refractivity contribution in [1.82, 2.24) is 30.9 Å². The summed E-state index contributed by atoms with van der Waals surface area (Å²) in [5, 5.41) is 13.0. The van der Waals surface area contributed by atoms with Gasteiger partial charge in [0, 0.05) is 17.0 Å². The summed E-state index contributed by atoms with van der Waals surface area (Å²) in [6.45, 7) is 12.1. The van der Waals surface area contributed by atoms with E-state index in [9.17, 15) is 14.4 Å². The molecule has 14 nitrogen and oxygen atoms in total. The number of amides is 2. The predicted molar refractivity (Wildman–Crippen MR) is 174 cm³/mol. The second-order valence-corrected chi connectivity index (χ2v) is 12.4. The van der Waals surface area contributed by atoms with Crippen LogP contribution < -0.4 is 15.4 Å². The number of esters is 1. The summed E-state index contributed by atoms with van der Waals surface area (Å²) in [6.07, 6.45) is -0.434. The normalized spacial score (nSPS) is 12.7. The highest BCUT2D eigenvalue weighted by molar-refractivity contribution is 5.95. The number of benzene rings is 2. The maximum absolute atomic E-state index is 15.1.